The number of pyridine rings is 2. The van der Waals surface area contributed by atoms with Crippen LogP contribution in [-0.2, 0) is 11.9 Å². The molecular formula is C16H12F3N3OS. The maximum Gasteiger partial charge on any atom is 0.417 e. The SMILES string of the molecule is Cc1cccc2nc(CSc3ccc(C(F)(F)F)cn3)cc(=O)n12. The quantitative estimate of drug-likeness (QED) is 0.675. The average Bonchev–Trinajstić information content (AvgIpc) is 2.52. The van der Waals surface area contributed by atoms with Gasteiger partial charge in [0.15, 0.2) is 0 Å². The summed E-state index contributed by atoms with van der Waals surface area (Å²) in [5, 5.41) is 0.439. The Morgan fingerprint density at radius 1 is 1.21 bits per heavy atom. The Kier molecular flexibility index (Phi) is 4.31. The van der Waals surface area contributed by atoms with Crippen molar-refractivity contribution in [2.45, 2.75) is 23.9 Å². The largest absolute Gasteiger partial charge is 0.417 e. The molecule has 3 aromatic rings. The van der Waals surface area contributed by atoms with Gasteiger partial charge in [0.2, 0.25) is 0 Å². The van der Waals surface area contributed by atoms with Gasteiger partial charge in [0.1, 0.15) is 5.65 Å². The molecule has 0 spiro atoms. The molecule has 3 aromatic heterocycles. The molecule has 0 saturated carbocycles. The number of alkyl halides is 3. The van der Waals surface area contributed by atoms with Crippen LogP contribution in [0.4, 0.5) is 13.2 Å². The lowest BCUT2D eigenvalue weighted by molar-refractivity contribution is -0.137. The molecule has 0 amide bonds. The fourth-order valence-electron chi connectivity index (χ4n) is 2.22. The van der Waals surface area contributed by atoms with Gasteiger partial charge in [-0.1, -0.05) is 6.07 Å². The van der Waals surface area contributed by atoms with Crippen LogP contribution in [0.1, 0.15) is 17.0 Å². The van der Waals surface area contributed by atoms with E-state index in [-0.39, 0.29) is 5.56 Å². The third-order valence-electron chi connectivity index (χ3n) is 3.36. The molecule has 0 aliphatic carbocycles. The van der Waals surface area contributed by atoms with Gasteiger partial charge in [0.05, 0.1) is 16.3 Å². The smallest absolute Gasteiger partial charge is 0.269 e. The van der Waals surface area contributed by atoms with Crippen LogP contribution in [0.15, 0.2) is 52.4 Å². The van der Waals surface area contributed by atoms with E-state index in [1.165, 1.54) is 28.3 Å². The van der Waals surface area contributed by atoms with Crippen molar-refractivity contribution in [3.63, 3.8) is 0 Å². The van der Waals surface area contributed by atoms with Gasteiger partial charge in [-0.25, -0.2) is 9.97 Å². The summed E-state index contributed by atoms with van der Waals surface area (Å²) >= 11 is 1.23. The van der Waals surface area contributed by atoms with E-state index < -0.39 is 11.7 Å². The summed E-state index contributed by atoms with van der Waals surface area (Å²) in [6.45, 7) is 1.82. The van der Waals surface area contributed by atoms with E-state index in [0.29, 0.717) is 22.1 Å². The van der Waals surface area contributed by atoms with Gasteiger partial charge in [-0.3, -0.25) is 9.20 Å². The fourth-order valence-corrected chi connectivity index (χ4v) is 2.95. The lowest BCUT2D eigenvalue weighted by Crippen LogP contribution is -2.17. The minimum atomic E-state index is -4.40. The number of aryl methyl sites for hydroxylation is 1. The number of hydrogen-bond acceptors (Lipinski definition) is 4. The van der Waals surface area contributed by atoms with Crippen molar-refractivity contribution in [3.05, 3.63) is 69.9 Å². The van der Waals surface area contributed by atoms with Crippen molar-refractivity contribution in [2.24, 2.45) is 0 Å². The minimum Gasteiger partial charge on any atom is -0.269 e. The maximum atomic E-state index is 12.5. The zero-order chi connectivity index (χ0) is 17.3. The van der Waals surface area contributed by atoms with Crippen LogP contribution in [-0.4, -0.2) is 14.4 Å². The maximum absolute atomic E-state index is 12.5. The summed E-state index contributed by atoms with van der Waals surface area (Å²) in [6.07, 6.45) is -3.60. The number of hydrogen-bond donors (Lipinski definition) is 0. The van der Waals surface area contributed by atoms with E-state index in [2.05, 4.69) is 9.97 Å². The molecule has 0 aromatic carbocycles. The van der Waals surface area contributed by atoms with Gasteiger partial charge >= 0.3 is 6.18 Å². The molecule has 0 fully saturated rings. The monoisotopic (exact) mass is 351 g/mol. The summed E-state index contributed by atoms with van der Waals surface area (Å²) in [4.78, 5) is 20.4. The number of fused-ring (bicyclic) bond motifs is 1. The second-order valence-corrected chi connectivity index (χ2v) is 6.11. The summed E-state index contributed by atoms with van der Waals surface area (Å²) in [5.74, 6) is 0.345. The Labute approximate surface area is 139 Å². The molecule has 3 rings (SSSR count). The highest BCUT2D eigenvalue weighted by molar-refractivity contribution is 7.98. The molecule has 24 heavy (non-hydrogen) atoms. The second kappa shape index (κ2) is 6.27. The molecule has 8 heteroatoms. The van der Waals surface area contributed by atoms with Crippen molar-refractivity contribution in [1.82, 2.24) is 14.4 Å². The number of thioether (sulfide) groups is 1. The zero-order valence-corrected chi connectivity index (χ0v) is 13.4. The first-order valence-electron chi connectivity index (χ1n) is 6.99. The number of aromatic nitrogens is 3. The summed E-state index contributed by atoms with van der Waals surface area (Å²) in [5.41, 5.74) is 0.905. The predicted octanol–water partition coefficient (Wildman–Crippen LogP) is 3.71. The molecule has 0 aliphatic heterocycles. The summed E-state index contributed by atoms with van der Waals surface area (Å²) in [7, 11) is 0. The molecule has 3 heterocycles. The van der Waals surface area contributed by atoms with Crippen molar-refractivity contribution in [3.8, 4) is 0 Å². The third kappa shape index (κ3) is 3.43. The fraction of sp³-hybridized carbons (Fsp3) is 0.188. The van der Waals surface area contributed by atoms with Crippen LogP contribution < -0.4 is 5.56 Å². The highest BCUT2D eigenvalue weighted by Gasteiger charge is 2.30. The van der Waals surface area contributed by atoms with E-state index in [1.807, 2.05) is 19.1 Å². The third-order valence-corrected chi connectivity index (χ3v) is 4.34. The molecule has 0 radical (unpaired) electrons. The van der Waals surface area contributed by atoms with Crippen molar-refractivity contribution >= 4 is 17.4 Å². The van der Waals surface area contributed by atoms with Crippen LogP contribution in [0, 0.1) is 6.92 Å². The Balaban J connectivity index is 1.80. The lowest BCUT2D eigenvalue weighted by atomic mass is 10.3. The first-order valence-corrected chi connectivity index (χ1v) is 7.97. The van der Waals surface area contributed by atoms with Crippen LogP contribution in [0.3, 0.4) is 0 Å². The molecule has 0 bridgehead atoms. The molecule has 0 N–H and O–H groups in total. The van der Waals surface area contributed by atoms with E-state index in [0.717, 1.165) is 18.0 Å². The van der Waals surface area contributed by atoms with E-state index in [1.54, 1.807) is 6.07 Å². The highest BCUT2D eigenvalue weighted by atomic mass is 32.2. The van der Waals surface area contributed by atoms with Gasteiger partial charge in [0.25, 0.3) is 5.56 Å². The number of rotatable bonds is 3. The summed E-state index contributed by atoms with van der Waals surface area (Å²) < 4.78 is 39.0. The van der Waals surface area contributed by atoms with E-state index >= 15 is 0 Å². The molecule has 4 nitrogen and oxygen atoms in total. The topological polar surface area (TPSA) is 47.3 Å². The van der Waals surface area contributed by atoms with Crippen molar-refractivity contribution in [1.29, 1.82) is 0 Å². The normalized spacial score (nSPS) is 11.8. The standard InChI is InChI=1S/C16H12F3N3OS/c1-10-3-2-4-13-21-12(7-15(23)22(10)13)9-24-14-6-5-11(8-20-14)16(17,18)19/h2-8H,9H2,1H3. The Hall–Kier alpha value is -2.35. The predicted molar refractivity (Wildman–Crippen MR) is 85.0 cm³/mol. The first-order chi connectivity index (χ1) is 11.3. The van der Waals surface area contributed by atoms with Crippen LogP contribution in [0.5, 0.6) is 0 Å². The molecule has 0 atom stereocenters. The minimum absolute atomic E-state index is 0.186. The first kappa shape index (κ1) is 16.5. The van der Waals surface area contributed by atoms with Gasteiger partial charge in [-0.05, 0) is 31.2 Å². The Bertz CT molecular complexity index is 936. The van der Waals surface area contributed by atoms with Crippen LogP contribution >= 0.6 is 11.8 Å². The van der Waals surface area contributed by atoms with Crippen molar-refractivity contribution < 1.29 is 13.2 Å². The summed E-state index contributed by atoms with van der Waals surface area (Å²) in [6, 6.07) is 9.09. The number of halogens is 3. The van der Waals surface area contributed by atoms with E-state index in [9.17, 15) is 18.0 Å². The second-order valence-electron chi connectivity index (χ2n) is 5.12. The van der Waals surface area contributed by atoms with Gasteiger partial charge in [-0.2, -0.15) is 13.2 Å². The Morgan fingerprint density at radius 2 is 2.00 bits per heavy atom. The van der Waals surface area contributed by atoms with E-state index in [4.69, 9.17) is 0 Å². The van der Waals surface area contributed by atoms with Crippen molar-refractivity contribution in [2.75, 3.05) is 0 Å². The lowest BCUT2D eigenvalue weighted by Gasteiger charge is -2.07. The zero-order valence-electron chi connectivity index (χ0n) is 12.5. The molecule has 0 aliphatic rings. The Morgan fingerprint density at radius 3 is 2.67 bits per heavy atom. The van der Waals surface area contributed by atoms with Gasteiger partial charge < -0.3 is 0 Å². The van der Waals surface area contributed by atoms with Crippen LogP contribution in [0.25, 0.3) is 5.65 Å². The molecular weight excluding hydrogens is 339 g/mol. The average molecular weight is 351 g/mol. The van der Waals surface area contributed by atoms with Gasteiger partial charge in [-0.15, -0.1) is 11.8 Å². The molecule has 0 unspecified atom stereocenters. The van der Waals surface area contributed by atoms with Crippen LogP contribution in [0.2, 0.25) is 0 Å². The highest BCUT2D eigenvalue weighted by Crippen LogP contribution is 2.30. The number of nitrogens with zero attached hydrogens (tertiary/aromatic N) is 3. The molecule has 0 saturated heterocycles. The van der Waals surface area contributed by atoms with Gasteiger partial charge in [0, 0.05) is 23.7 Å². The molecule has 124 valence electrons.